The SMILES string of the molecule is O=C(CCCCCCCCCCC(=O)N1CCN(C(=O)c2cc(Cc3n[nH]c(=O)c4ccccc34)ccc2F)CC1)NCCCOCCOCCOCCCNc1cccc2c1C(=O)N(C1CCC(=O)NC1=O)C2=O. The molecule has 4 aromatic rings. The number of amides is 7. The number of halogens is 1. The van der Waals surface area contributed by atoms with Gasteiger partial charge in [0.15, 0.2) is 0 Å². The van der Waals surface area contributed by atoms with E-state index in [1.165, 1.54) is 6.07 Å². The second-order valence-corrected chi connectivity index (χ2v) is 19.0. The van der Waals surface area contributed by atoms with E-state index in [0.29, 0.717) is 139 Å². The molecule has 0 aliphatic carbocycles. The maximum Gasteiger partial charge on any atom is 0.272 e. The number of fused-ring (bicyclic) bond motifs is 2. The molecular weight excluding hydrogens is 968 g/mol. The van der Waals surface area contributed by atoms with Gasteiger partial charge >= 0.3 is 0 Å². The summed E-state index contributed by atoms with van der Waals surface area (Å²) < 4.78 is 31.8. The largest absolute Gasteiger partial charge is 0.384 e. The molecule has 19 nitrogen and oxygen atoms in total. The molecule has 3 aromatic carbocycles. The van der Waals surface area contributed by atoms with Gasteiger partial charge in [-0.2, -0.15) is 5.10 Å². The highest BCUT2D eigenvalue weighted by atomic mass is 19.1. The average Bonchev–Trinajstić information content (AvgIpc) is 3.67. The Morgan fingerprint density at radius 3 is 2.03 bits per heavy atom. The molecule has 7 amide bonds. The minimum Gasteiger partial charge on any atom is -0.384 e. The zero-order valence-electron chi connectivity index (χ0n) is 42.6. The number of benzene rings is 3. The van der Waals surface area contributed by atoms with E-state index < -0.39 is 41.4 Å². The summed E-state index contributed by atoms with van der Waals surface area (Å²) >= 11 is 0. The van der Waals surface area contributed by atoms with E-state index in [9.17, 15) is 42.7 Å². The molecule has 1 unspecified atom stereocenters. The number of aromatic nitrogens is 2. The van der Waals surface area contributed by atoms with Gasteiger partial charge in [-0.3, -0.25) is 48.6 Å². The third-order valence-corrected chi connectivity index (χ3v) is 13.7. The number of nitrogens with zero attached hydrogens (tertiary/aromatic N) is 4. The molecule has 0 saturated carbocycles. The Kier molecular flexibility index (Phi) is 21.4. The predicted molar refractivity (Wildman–Crippen MR) is 277 cm³/mol. The van der Waals surface area contributed by atoms with Crippen LogP contribution in [0.15, 0.2) is 65.5 Å². The number of carbonyl (C=O) groups excluding carboxylic acids is 7. The molecule has 2 fully saturated rings. The second kappa shape index (κ2) is 28.7. The van der Waals surface area contributed by atoms with Gasteiger partial charge in [0.25, 0.3) is 23.3 Å². The molecule has 4 heterocycles. The van der Waals surface area contributed by atoms with Crippen LogP contribution in [0.3, 0.4) is 0 Å². The van der Waals surface area contributed by atoms with Gasteiger partial charge in [-0.15, -0.1) is 0 Å². The lowest BCUT2D eigenvalue weighted by Crippen LogP contribution is -2.54. The van der Waals surface area contributed by atoms with Crippen molar-refractivity contribution in [1.82, 2.24) is 35.5 Å². The maximum absolute atomic E-state index is 14.9. The number of hydrogen-bond acceptors (Lipinski definition) is 13. The summed E-state index contributed by atoms with van der Waals surface area (Å²) in [6, 6.07) is 15.5. The van der Waals surface area contributed by atoms with Crippen LogP contribution in [0, 0.1) is 5.82 Å². The van der Waals surface area contributed by atoms with E-state index >= 15 is 0 Å². The first-order chi connectivity index (χ1) is 36.5. The summed E-state index contributed by atoms with van der Waals surface area (Å²) in [4.78, 5) is 105. The molecule has 402 valence electrons. The summed E-state index contributed by atoms with van der Waals surface area (Å²) in [5, 5.41) is 16.3. The van der Waals surface area contributed by atoms with Crippen LogP contribution in [0.1, 0.15) is 132 Å². The number of hydrogen-bond donors (Lipinski definition) is 4. The first-order valence-corrected chi connectivity index (χ1v) is 26.4. The van der Waals surface area contributed by atoms with Crippen molar-refractivity contribution in [2.75, 3.05) is 84.2 Å². The van der Waals surface area contributed by atoms with Crippen LogP contribution in [-0.4, -0.2) is 151 Å². The molecule has 0 radical (unpaired) electrons. The van der Waals surface area contributed by atoms with Crippen molar-refractivity contribution in [3.63, 3.8) is 0 Å². The summed E-state index contributed by atoms with van der Waals surface area (Å²) in [6.07, 6.45) is 10.7. The Labute approximate surface area is 435 Å². The highest BCUT2D eigenvalue weighted by molar-refractivity contribution is 6.25. The van der Waals surface area contributed by atoms with Crippen molar-refractivity contribution >= 4 is 57.8 Å². The molecule has 75 heavy (non-hydrogen) atoms. The number of piperidine rings is 1. The van der Waals surface area contributed by atoms with Gasteiger partial charge in [0, 0.05) is 89.2 Å². The lowest BCUT2D eigenvalue weighted by Gasteiger charge is -2.35. The molecular formula is C55H69FN8O11. The number of imide groups is 2. The van der Waals surface area contributed by atoms with E-state index in [-0.39, 0.29) is 46.9 Å². The third-order valence-electron chi connectivity index (χ3n) is 13.7. The summed E-state index contributed by atoms with van der Waals surface area (Å²) in [6.45, 7) is 5.16. The minimum absolute atomic E-state index is 0.0230. The fraction of sp³-hybridized carbons (Fsp3) is 0.509. The van der Waals surface area contributed by atoms with E-state index in [1.807, 2.05) is 12.1 Å². The number of carbonyl (C=O) groups is 7. The molecule has 1 atom stereocenters. The van der Waals surface area contributed by atoms with Gasteiger partial charge in [-0.1, -0.05) is 68.9 Å². The Bertz CT molecular complexity index is 2710. The molecule has 3 aliphatic heterocycles. The van der Waals surface area contributed by atoms with Crippen molar-refractivity contribution < 1.29 is 52.2 Å². The Morgan fingerprint density at radius 1 is 0.680 bits per heavy atom. The standard InChI is InChI=1S/C55H69FN8O11/c56-43-21-20-38(37-45-39-14-9-10-15-40(39)51(68)61-60-45)36-42(43)53(70)63-28-26-62(27-29-63)49(67)19-8-6-4-2-1-3-5-7-18-47(65)58-25-13-31-74-33-35-75-34-32-73-30-12-24-57-44-17-11-16-41-50(44)55(72)64(54(41)71)46-22-23-48(66)59-52(46)69/h9-11,14-17,20-21,36,46,57H,1-8,12-13,18-19,22-35,37H2,(H,58,65)(H,61,68)(H,59,66,69). The molecule has 0 bridgehead atoms. The summed E-state index contributed by atoms with van der Waals surface area (Å²) in [7, 11) is 0. The average molecular weight is 1040 g/mol. The Balaban J connectivity index is 0.619. The normalized spacial score (nSPS) is 15.6. The smallest absolute Gasteiger partial charge is 0.272 e. The van der Waals surface area contributed by atoms with Gasteiger partial charge in [0.2, 0.25) is 23.6 Å². The quantitative estimate of drug-likeness (QED) is 0.0384. The topological polar surface area (TPSA) is 239 Å². The number of rotatable bonds is 30. The molecule has 7 rings (SSSR count). The van der Waals surface area contributed by atoms with Crippen molar-refractivity contribution in [3.05, 3.63) is 105 Å². The molecule has 2 saturated heterocycles. The van der Waals surface area contributed by atoms with Crippen LogP contribution in [0.25, 0.3) is 10.8 Å². The van der Waals surface area contributed by atoms with Crippen molar-refractivity contribution in [2.24, 2.45) is 0 Å². The molecule has 1 aromatic heterocycles. The third kappa shape index (κ3) is 15.8. The van der Waals surface area contributed by atoms with E-state index in [0.717, 1.165) is 56.3 Å². The van der Waals surface area contributed by atoms with Crippen molar-refractivity contribution in [1.29, 1.82) is 0 Å². The molecule has 4 N–H and O–H groups in total. The number of aromatic amines is 1. The molecule has 20 heteroatoms. The van der Waals surface area contributed by atoms with Crippen LogP contribution in [0.5, 0.6) is 0 Å². The highest BCUT2D eigenvalue weighted by Crippen LogP contribution is 2.32. The second-order valence-electron chi connectivity index (χ2n) is 19.0. The maximum atomic E-state index is 14.9. The zero-order chi connectivity index (χ0) is 52.9. The lowest BCUT2D eigenvalue weighted by molar-refractivity contribution is -0.136. The fourth-order valence-electron chi connectivity index (χ4n) is 9.55. The number of piperazine rings is 1. The lowest BCUT2D eigenvalue weighted by atomic mass is 10.0. The van der Waals surface area contributed by atoms with Crippen LogP contribution < -0.4 is 21.5 Å². The molecule has 3 aliphatic rings. The van der Waals surface area contributed by atoms with E-state index in [1.54, 1.807) is 52.3 Å². The summed E-state index contributed by atoms with van der Waals surface area (Å²) in [5.74, 6) is -3.06. The molecule has 0 spiro atoms. The Hall–Kier alpha value is -6.90. The van der Waals surface area contributed by atoms with Gasteiger partial charge in [-0.05, 0) is 68.0 Å². The van der Waals surface area contributed by atoms with Crippen LogP contribution >= 0.6 is 0 Å². The van der Waals surface area contributed by atoms with Crippen LogP contribution in [0.2, 0.25) is 0 Å². The first-order valence-electron chi connectivity index (χ1n) is 26.4. The minimum atomic E-state index is -1.02. The summed E-state index contributed by atoms with van der Waals surface area (Å²) in [5.41, 5.74) is 1.96. The van der Waals surface area contributed by atoms with Crippen molar-refractivity contribution in [2.45, 2.75) is 102 Å². The number of H-pyrrole nitrogens is 1. The Morgan fingerprint density at radius 2 is 1.32 bits per heavy atom. The van der Waals surface area contributed by atoms with Gasteiger partial charge < -0.3 is 34.6 Å². The number of nitrogens with one attached hydrogen (secondary N) is 4. The number of ether oxygens (including phenoxy) is 3. The zero-order valence-corrected chi connectivity index (χ0v) is 42.6. The predicted octanol–water partition coefficient (Wildman–Crippen LogP) is 5.30. The van der Waals surface area contributed by atoms with Gasteiger partial charge in [-0.25, -0.2) is 9.49 Å². The number of unbranched alkanes of at least 4 members (excludes halogenated alkanes) is 7. The first kappa shape index (κ1) is 55.8. The van der Waals surface area contributed by atoms with Gasteiger partial charge in [0.1, 0.15) is 11.9 Å². The van der Waals surface area contributed by atoms with E-state index in [4.69, 9.17) is 14.2 Å². The van der Waals surface area contributed by atoms with Crippen LogP contribution in [-0.2, 0) is 39.8 Å². The monoisotopic (exact) mass is 1040 g/mol. The van der Waals surface area contributed by atoms with Crippen molar-refractivity contribution in [3.8, 4) is 0 Å². The van der Waals surface area contributed by atoms with E-state index in [2.05, 4.69) is 26.1 Å². The number of anilines is 1. The highest BCUT2D eigenvalue weighted by Gasteiger charge is 2.45. The van der Waals surface area contributed by atoms with Crippen LogP contribution in [0.4, 0.5) is 10.1 Å². The van der Waals surface area contributed by atoms with Gasteiger partial charge in [0.05, 0.1) is 54.2 Å². The fourth-order valence-corrected chi connectivity index (χ4v) is 9.55.